The topological polar surface area (TPSA) is 88.5 Å². The predicted octanol–water partition coefficient (Wildman–Crippen LogP) is 4.07. The highest BCUT2D eigenvalue weighted by Crippen LogP contribution is 2.38. The third-order valence-corrected chi connectivity index (χ3v) is 7.84. The fraction of sp³-hybridized carbons (Fsp3) is 0.621. The number of para-hydroxylation sites is 1. The first-order chi connectivity index (χ1) is 17.9. The SMILES string of the molecule is CCCCn1cc(CN2CCC3(CCCCNC(=O)c4ccccc4OC[C@@H](C)NC3=O)CC2)c(C)n1. The number of rotatable bonds is 5. The highest BCUT2D eigenvalue weighted by molar-refractivity contribution is 5.96. The molecule has 2 aliphatic heterocycles. The van der Waals surface area contributed by atoms with Crippen molar-refractivity contribution in [3.8, 4) is 5.75 Å². The van der Waals surface area contributed by atoms with Gasteiger partial charge in [-0.3, -0.25) is 19.2 Å². The summed E-state index contributed by atoms with van der Waals surface area (Å²) in [6.45, 7) is 10.8. The minimum atomic E-state index is -0.378. The zero-order valence-electron chi connectivity index (χ0n) is 22.7. The van der Waals surface area contributed by atoms with Crippen LogP contribution in [-0.2, 0) is 17.9 Å². The highest BCUT2D eigenvalue weighted by Gasteiger charge is 2.41. The van der Waals surface area contributed by atoms with Gasteiger partial charge in [0.2, 0.25) is 5.91 Å². The van der Waals surface area contributed by atoms with Crippen LogP contribution in [0, 0.1) is 12.3 Å². The van der Waals surface area contributed by atoms with Crippen LogP contribution in [0.4, 0.5) is 0 Å². The molecule has 37 heavy (non-hydrogen) atoms. The fourth-order valence-corrected chi connectivity index (χ4v) is 5.42. The Kier molecular flexibility index (Phi) is 9.24. The number of aromatic nitrogens is 2. The molecular formula is C29H43N5O3. The quantitative estimate of drug-likeness (QED) is 0.634. The van der Waals surface area contributed by atoms with Gasteiger partial charge in [-0.2, -0.15) is 5.10 Å². The predicted molar refractivity (Wildman–Crippen MR) is 145 cm³/mol. The standard InChI is InChI=1S/C29H43N5O3/c1-4-5-16-34-20-24(23(3)32-34)19-33-17-13-29(14-18-33)12-8-9-15-30-27(35)25-10-6-7-11-26(25)37-21-22(2)31-28(29)36/h6-7,10-11,20,22H,4-5,8-9,12-19,21H2,1-3H3,(H,30,35)(H,31,36)/t22-/m1/s1. The summed E-state index contributed by atoms with van der Waals surface area (Å²) >= 11 is 0. The van der Waals surface area contributed by atoms with E-state index >= 15 is 0 Å². The van der Waals surface area contributed by atoms with Crippen LogP contribution in [0.15, 0.2) is 30.5 Å². The molecule has 0 saturated carbocycles. The van der Waals surface area contributed by atoms with Crippen molar-refractivity contribution in [3.05, 3.63) is 47.3 Å². The normalized spacial score (nSPS) is 21.4. The number of likely N-dealkylation sites (tertiary alicyclic amines) is 1. The molecule has 1 aromatic carbocycles. The van der Waals surface area contributed by atoms with Gasteiger partial charge in [-0.1, -0.05) is 31.9 Å². The number of hydrogen-bond donors (Lipinski definition) is 2. The van der Waals surface area contributed by atoms with Crippen LogP contribution in [-0.4, -0.2) is 58.8 Å². The number of piperidine rings is 1. The van der Waals surface area contributed by atoms with Crippen LogP contribution in [0.25, 0.3) is 0 Å². The van der Waals surface area contributed by atoms with E-state index in [0.29, 0.717) is 24.5 Å². The molecule has 1 spiro atoms. The van der Waals surface area contributed by atoms with Crippen LogP contribution in [0.1, 0.15) is 80.4 Å². The molecule has 0 radical (unpaired) electrons. The Balaban J connectivity index is 1.40. The van der Waals surface area contributed by atoms with Crippen molar-refractivity contribution in [3.63, 3.8) is 0 Å². The first-order valence-corrected chi connectivity index (χ1v) is 14.0. The molecule has 8 heteroatoms. The molecule has 2 N–H and O–H groups in total. The van der Waals surface area contributed by atoms with Crippen molar-refractivity contribution < 1.29 is 14.3 Å². The lowest BCUT2D eigenvalue weighted by Gasteiger charge is -2.41. The number of amides is 2. The van der Waals surface area contributed by atoms with Gasteiger partial charge in [-0.15, -0.1) is 0 Å². The van der Waals surface area contributed by atoms with E-state index in [2.05, 4.69) is 40.3 Å². The maximum atomic E-state index is 13.6. The van der Waals surface area contributed by atoms with Crippen LogP contribution in [0.3, 0.4) is 0 Å². The summed E-state index contributed by atoms with van der Waals surface area (Å²) in [7, 11) is 0. The highest BCUT2D eigenvalue weighted by atomic mass is 16.5. The average molecular weight is 510 g/mol. The molecule has 2 aromatic rings. The molecule has 1 saturated heterocycles. The lowest BCUT2D eigenvalue weighted by molar-refractivity contribution is -0.135. The van der Waals surface area contributed by atoms with E-state index in [9.17, 15) is 9.59 Å². The minimum Gasteiger partial charge on any atom is -0.491 e. The lowest BCUT2D eigenvalue weighted by Crippen LogP contribution is -2.51. The third-order valence-electron chi connectivity index (χ3n) is 7.84. The van der Waals surface area contributed by atoms with Crippen molar-refractivity contribution in [1.82, 2.24) is 25.3 Å². The Hall–Kier alpha value is -2.87. The maximum absolute atomic E-state index is 13.6. The molecule has 8 nitrogen and oxygen atoms in total. The molecule has 1 fully saturated rings. The van der Waals surface area contributed by atoms with Gasteiger partial charge < -0.3 is 15.4 Å². The van der Waals surface area contributed by atoms with Crippen LogP contribution < -0.4 is 15.4 Å². The first-order valence-electron chi connectivity index (χ1n) is 14.0. The first kappa shape index (κ1) is 27.2. The number of unbranched alkanes of at least 4 members (excludes halogenated alkanes) is 1. The van der Waals surface area contributed by atoms with Gasteiger partial charge in [-0.05, 0) is 71.2 Å². The summed E-state index contributed by atoms with van der Waals surface area (Å²) in [5.41, 5.74) is 2.54. The number of nitrogens with one attached hydrogen (secondary N) is 2. The van der Waals surface area contributed by atoms with E-state index in [1.807, 2.05) is 25.1 Å². The summed E-state index contributed by atoms with van der Waals surface area (Å²) in [5.74, 6) is 0.580. The monoisotopic (exact) mass is 509 g/mol. The zero-order chi connectivity index (χ0) is 26.3. The van der Waals surface area contributed by atoms with E-state index in [1.165, 1.54) is 5.56 Å². The van der Waals surface area contributed by atoms with E-state index in [-0.39, 0.29) is 23.3 Å². The number of fused-ring (bicyclic) bond motifs is 1. The largest absolute Gasteiger partial charge is 0.491 e. The van der Waals surface area contributed by atoms with Gasteiger partial charge in [0.25, 0.3) is 5.91 Å². The summed E-state index contributed by atoms with van der Waals surface area (Å²) in [4.78, 5) is 28.8. The molecule has 1 aromatic heterocycles. The number of aryl methyl sites for hydroxylation is 2. The Labute approximate surface area is 221 Å². The Morgan fingerprint density at radius 2 is 1.92 bits per heavy atom. The second kappa shape index (κ2) is 12.6. The van der Waals surface area contributed by atoms with Crippen LogP contribution >= 0.6 is 0 Å². The van der Waals surface area contributed by atoms with E-state index in [0.717, 1.165) is 76.8 Å². The molecule has 3 heterocycles. The second-order valence-electron chi connectivity index (χ2n) is 10.8. The van der Waals surface area contributed by atoms with Crippen molar-refractivity contribution in [2.24, 2.45) is 5.41 Å². The second-order valence-corrected chi connectivity index (χ2v) is 10.8. The Bertz CT molecular complexity index is 1060. The van der Waals surface area contributed by atoms with Gasteiger partial charge in [-0.25, -0.2) is 0 Å². The zero-order valence-corrected chi connectivity index (χ0v) is 22.7. The number of hydrogen-bond acceptors (Lipinski definition) is 5. The number of carbonyl (C=O) groups excluding carboxylic acids is 2. The van der Waals surface area contributed by atoms with E-state index in [4.69, 9.17) is 9.84 Å². The molecular weight excluding hydrogens is 466 g/mol. The van der Waals surface area contributed by atoms with Gasteiger partial charge in [0, 0.05) is 31.4 Å². The number of carbonyl (C=O) groups is 2. The fourth-order valence-electron chi connectivity index (χ4n) is 5.42. The lowest BCUT2D eigenvalue weighted by atomic mass is 9.73. The molecule has 4 rings (SSSR count). The van der Waals surface area contributed by atoms with E-state index < -0.39 is 0 Å². The number of ether oxygens (including phenoxy) is 1. The summed E-state index contributed by atoms with van der Waals surface area (Å²) in [6.07, 6.45) is 8.76. The summed E-state index contributed by atoms with van der Waals surface area (Å²) < 4.78 is 8.04. The van der Waals surface area contributed by atoms with E-state index in [1.54, 1.807) is 6.07 Å². The molecule has 1 atom stereocenters. The number of benzene rings is 1. The molecule has 0 aliphatic carbocycles. The van der Waals surface area contributed by atoms with Crippen molar-refractivity contribution in [1.29, 1.82) is 0 Å². The van der Waals surface area contributed by atoms with Gasteiger partial charge in [0.05, 0.1) is 22.7 Å². The molecule has 0 unspecified atom stereocenters. The van der Waals surface area contributed by atoms with Crippen molar-refractivity contribution >= 4 is 11.8 Å². The van der Waals surface area contributed by atoms with Crippen LogP contribution in [0.2, 0.25) is 0 Å². The average Bonchev–Trinajstić information content (AvgIpc) is 3.25. The third kappa shape index (κ3) is 6.92. The molecule has 2 amide bonds. The Morgan fingerprint density at radius 3 is 2.70 bits per heavy atom. The molecule has 202 valence electrons. The van der Waals surface area contributed by atoms with Crippen LogP contribution in [0.5, 0.6) is 5.75 Å². The number of nitrogens with zero attached hydrogens (tertiary/aromatic N) is 3. The molecule has 2 aliphatic rings. The minimum absolute atomic E-state index is 0.110. The van der Waals surface area contributed by atoms with Gasteiger partial charge in [0.1, 0.15) is 12.4 Å². The van der Waals surface area contributed by atoms with Gasteiger partial charge in [0.15, 0.2) is 0 Å². The van der Waals surface area contributed by atoms with Crippen molar-refractivity contribution in [2.45, 2.75) is 84.8 Å². The summed E-state index contributed by atoms with van der Waals surface area (Å²) in [5, 5.41) is 11.0. The Morgan fingerprint density at radius 1 is 1.14 bits per heavy atom. The smallest absolute Gasteiger partial charge is 0.255 e. The van der Waals surface area contributed by atoms with Gasteiger partial charge >= 0.3 is 0 Å². The summed E-state index contributed by atoms with van der Waals surface area (Å²) in [6, 6.07) is 7.13. The van der Waals surface area contributed by atoms with Crippen molar-refractivity contribution in [2.75, 3.05) is 26.2 Å². The maximum Gasteiger partial charge on any atom is 0.255 e. The molecule has 0 bridgehead atoms.